The van der Waals surface area contributed by atoms with E-state index in [1.165, 1.54) is 0 Å². The van der Waals surface area contributed by atoms with Crippen LogP contribution < -0.4 is 0 Å². The van der Waals surface area contributed by atoms with E-state index in [9.17, 15) is 0 Å². The Morgan fingerprint density at radius 1 is 1.11 bits per heavy atom. The summed E-state index contributed by atoms with van der Waals surface area (Å²) in [5, 5.41) is 1.55. The first-order valence-electron chi connectivity index (χ1n) is 6.15. The number of halogens is 1. The van der Waals surface area contributed by atoms with Gasteiger partial charge in [0.2, 0.25) is 0 Å². The zero-order valence-electron chi connectivity index (χ0n) is 10.5. The van der Waals surface area contributed by atoms with E-state index >= 15 is 0 Å². The molecule has 19 heavy (non-hydrogen) atoms. The van der Waals surface area contributed by atoms with Crippen LogP contribution in [0.15, 0.2) is 42.6 Å². The standard InChI is InChI=1S/C15H12ClN3/c1-2-12-9-14(16)19-15(18-12)11-5-6-13-10(8-11)4-3-7-17-13/h3-9H,2H2,1H3. The van der Waals surface area contributed by atoms with Crippen LogP contribution in [0.1, 0.15) is 12.6 Å². The minimum absolute atomic E-state index is 0.480. The van der Waals surface area contributed by atoms with Gasteiger partial charge in [-0.25, -0.2) is 9.97 Å². The Balaban J connectivity index is 2.15. The number of hydrogen-bond acceptors (Lipinski definition) is 3. The van der Waals surface area contributed by atoms with Gasteiger partial charge in [-0.2, -0.15) is 0 Å². The van der Waals surface area contributed by atoms with Crippen LogP contribution in [-0.4, -0.2) is 15.0 Å². The first-order chi connectivity index (χ1) is 9.26. The quantitative estimate of drug-likeness (QED) is 0.662. The third-order valence-electron chi connectivity index (χ3n) is 2.97. The van der Waals surface area contributed by atoms with Gasteiger partial charge in [-0.3, -0.25) is 4.98 Å². The average Bonchev–Trinajstić information content (AvgIpc) is 2.46. The van der Waals surface area contributed by atoms with E-state index in [1.807, 2.05) is 37.3 Å². The van der Waals surface area contributed by atoms with E-state index in [2.05, 4.69) is 15.0 Å². The molecule has 4 heteroatoms. The predicted molar refractivity (Wildman–Crippen MR) is 77.2 cm³/mol. The lowest BCUT2D eigenvalue weighted by molar-refractivity contribution is 1.01. The summed E-state index contributed by atoms with van der Waals surface area (Å²) in [6, 6.07) is 11.7. The first kappa shape index (κ1) is 12.1. The lowest BCUT2D eigenvalue weighted by Gasteiger charge is -2.05. The third kappa shape index (κ3) is 2.42. The normalized spacial score (nSPS) is 10.8. The number of nitrogens with zero attached hydrogens (tertiary/aromatic N) is 3. The van der Waals surface area contributed by atoms with E-state index < -0.39 is 0 Å². The van der Waals surface area contributed by atoms with Crippen LogP contribution in [0.25, 0.3) is 22.3 Å². The van der Waals surface area contributed by atoms with Crippen molar-refractivity contribution in [1.29, 1.82) is 0 Å². The number of rotatable bonds is 2. The number of fused-ring (bicyclic) bond motifs is 1. The molecule has 0 bridgehead atoms. The number of benzene rings is 1. The molecule has 0 aliphatic heterocycles. The Labute approximate surface area is 116 Å². The van der Waals surface area contributed by atoms with Crippen LogP contribution in [0.5, 0.6) is 0 Å². The SMILES string of the molecule is CCc1cc(Cl)nc(-c2ccc3ncccc3c2)n1. The van der Waals surface area contributed by atoms with Crippen molar-refractivity contribution in [3.63, 3.8) is 0 Å². The molecule has 94 valence electrons. The van der Waals surface area contributed by atoms with Gasteiger partial charge in [0, 0.05) is 22.8 Å². The molecule has 0 saturated carbocycles. The van der Waals surface area contributed by atoms with Crippen LogP contribution in [-0.2, 0) is 6.42 Å². The Hall–Kier alpha value is -2.00. The molecule has 3 nitrogen and oxygen atoms in total. The lowest BCUT2D eigenvalue weighted by Crippen LogP contribution is -1.95. The van der Waals surface area contributed by atoms with Crippen molar-refractivity contribution in [3.8, 4) is 11.4 Å². The first-order valence-corrected chi connectivity index (χ1v) is 6.52. The Morgan fingerprint density at radius 3 is 2.84 bits per heavy atom. The van der Waals surface area contributed by atoms with Crippen molar-refractivity contribution in [2.75, 3.05) is 0 Å². The van der Waals surface area contributed by atoms with Gasteiger partial charge in [0.25, 0.3) is 0 Å². The second-order valence-corrected chi connectivity index (χ2v) is 4.66. The van der Waals surface area contributed by atoms with Gasteiger partial charge in [0.1, 0.15) is 5.15 Å². The minimum atomic E-state index is 0.480. The summed E-state index contributed by atoms with van der Waals surface area (Å²) in [5.74, 6) is 0.662. The fourth-order valence-corrected chi connectivity index (χ4v) is 2.20. The molecule has 0 spiro atoms. The van der Waals surface area contributed by atoms with E-state index in [-0.39, 0.29) is 0 Å². The van der Waals surface area contributed by atoms with Gasteiger partial charge in [0.05, 0.1) is 5.52 Å². The highest BCUT2D eigenvalue weighted by Gasteiger charge is 2.06. The zero-order chi connectivity index (χ0) is 13.2. The monoisotopic (exact) mass is 269 g/mol. The molecule has 0 saturated heterocycles. The van der Waals surface area contributed by atoms with Crippen LogP contribution in [0, 0.1) is 0 Å². The van der Waals surface area contributed by atoms with Gasteiger partial charge in [-0.15, -0.1) is 0 Å². The second kappa shape index (κ2) is 4.94. The van der Waals surface area contributed by atoms with E-state index in [0.717, 1.165) is 28.6 Å². The molecule has 0 aliphatic rings. The summed E-state index contributed by atoms with van der Waals surface area (Å²) in [6.07, 6.45) is 2.62. The Bertz CT molecular complexity index is 740. The number of pyridine rings is 1. The summed E-state index contributed by atoms with van der Waals surface area (Å²) < 4.78 is 0. The Kier molecular flexibility index (Phi) is 3.13. The van der Waals surface area contributed by atoms with Crippen molar-refractivity contribution in [3.05, 3.63) is 53.4 Å². The average molecular weight is 270 g/mol. The molecule has 0 fully saturated rings. The molecule has 0 atom stereocenters. The highest BCUT2D eigenvalue weighted by atomic mass is 35.5. The molecule has 0 unspecified atom stereocenters. The van der Waals surface area contributed by atoms with Crippen LogP contribution in [0.2, 0.25) is 5.15 Å². The van der Waals surface area contributed by atoms with Gasteiger partial charge in [-0.05, 0) is 36.8 Å². The van der Waals surface area contributed by atoms with Gasteiger partial charge in [-0.1, -0.05) is 24.6 Å². The maximum atomic E-state index is 6.03. The molecule has 0 radical (unpaired) electrons. The maximum absolute atomic E-state index is 6.03. The number of aryl methyl sites for hydroxylation is 1. The summed E-state index contributed by atoms with van der Waals surface area (Å²) in [6.45, 7) is 2.05. The van der Waals surface area contributed by atoms with Gasteiger partial charge < -0.3 is 0 Å². The lowest BCUT2D eigenvalue weighted by atomic mass is 10.1. The molecule has 0 N–H and O–H groups in total. The summed E-state index contributed by atoms with van der Waals surface area (Å²) in [7, 11) is 0. The van der Waals surface area contributed by atoms with Gasteiger partial charge >= 0.3 is 0 Å². The molecule has 2 aromatic heterocycles. The minimum Gasteiger partial charge on any atom is -0.256 e. The molecule has 3 rings (SSSR count). The fraction of sp³-hybridized carbons (Fsp3) is 0.133. The number of aromatic nitrogens is 3. The molecule has 1 aromatic carbocycles. The molecular formula is C15H12ClN3. The van der Waals surface area contributed by atoms with Crippen molar-refractivity contribution < 1.29 is 0 Å². The smallest absolute Gasteiger partial charge is 0.161 e. The largest absolute Gasteiger partial charge is 0.256 e. The zero-order valence-corrected chi connectivity index (χ0v) is 11.2. The third-order valence-corrected chi connectivity index (χ3v) is 3.16. The van der Waals surface area contributed by atoms with Gasteiger partial charge in [0.15, 0.2) is 5.82 Å². The molecule has 0 amide bonds. The number of hydrogen-bond donors (Lipinski definition) is 0. The Morgan fingerprint density at radius 2 is 2.00 bits per heavy atom. The highest BCUT2D eigenvalue weighted by molar-refractivity contribution is 6.29. The topological polar surface area (TPSA) is 38.7 Å². The van der Waals surface area contributed by atoms with E-state index in [1.54, 1.807) is 12.3 Å². The van der Waals surface area contributed by atoms with Crippen molar-refractivity contribution in [2.24, 2.45) is 0 Å². The van der Waals surface area contributed by atoms with Crippen LogP contribution >= 0.6 is 11.6 Å². The van der Waals surface area contributed by atoms with Crippen molar-refractivity contribution >= 4 is 22.5 Å². The van der Waals surface area contributed by atoms with Crippen LogP contribution in [0.3, 0.4) is 0 Å². The summed E-state index contributed by atoms with van der Waals surface area (Å²) in [5.41, 5.74) is 2.86. The van der Waals surface area contributed by atoms with Crippen molar-refractivity contribution in [1.82, 2.24) is 15.0 Å². The fourth-order valence-electron chi connectivity index (χ4n) is 1.99. The summed E-state index contributed by atoms with van der Waals surface area (Å²) in [4.78, 5) is 13.1. The predicted octanol–water partition coefficient (Wildman–Crippen LogP) is 3.91. The molecule has 0 aliphatic carbocycles. The van der Waals surface area contributed by atoms with E-state index in [4.69, 9.17) is 11.6 Å². The summed E-state index contributed by atoms with van der Waals surface area (Å²) >= 11 is 6.03. The maximum Gasteiger partial charge on any atom is 0.161 e. The second-order valence-electron chi connectivity index (χ2n) is 4.27. The van der Waals surface area contributed by atoms with Crippen molar-refractivity contribution in [2.45, 2.75) is 13.3 Å². The molecule has 3 aromatic rings. The molecular weight excluding hydrogens is 258 g/mol. The highest BCUT2D eigenvalue weighted by Crippen LogP contribution is 2.22. The van der Waals surface area contributed by atoms with E-state index in [0.29, 0.717) is 11.0 Å². The molecule has 2 heterocycles. The van der Waals surface area contributed by atoms with Crippen LogP contribution in [0.4, 0.5) is 0 Å².